The fourth-order valence-corrected chi connectivity index (χ4v) is 2.26. The van der Waals surface area contributed by atoms with Gasteiger partial charge in [-0.2, -0.15) is 0 Å². The molecule has 0 spiro atoms. The van der Waals surface area contributed by atoms with Gasteiger partial charge >= 0.3 is 0 Å². The van der Waals surface area contributed by atoms with E-state index in [2.05, 4.69) is 48.4 Å². The monoisotopic (exact) mass is 284 g/mol. The number of rotatable bonds is 7. The summed E-state index contributed by atoms with van der Waals surface area (Å²) < 4.78 is 0. The van der Waals surface area contributed by atoms with Crippen molar-refractivity contribution in [3.05, 3.63) is 57.9 Å². The molecule has 2 N–H and O–H groups in total. The van der Waals surface area contributed by atoms with Crippen LogP contribution in [0.3, 0.4) is 0 Å². The quantitative estimate of drug-likeness (QED) is 0.764. The Morgan fingerprint density at radius 3 is 2.43 bits per heavy atom. The number of aromatic amines is 1. The second-order valence-electron chi connectivity index (χ2n) is 5.31. The lowest BCUT2D eigenvalue weighted by Gasteiger charge is -2.06. The summed E-state index contributed by atoms with van der Waals surface area (Å²) in [4.78, 5) is 15.1. The summed E-state index contributed by atoms with van der Waals surface area (Å²) in [5, 5.41) is 3.30. The Kier molecular flexibility index (Phi) is 5.76. The Morgan fingerprint density at radius 2 is 1.81 bits per heavy atom. The molecule has 0 saturated heterocycles. The molecule has 0 bridgehead atoms. The van der Waals surface area contributed by atoms with E-state index in [0.717, 1.165) is 42.6 Å². The molecule has 1 heterocycles. The number of aryl methyl sites for hydroxylation is 1. The van der Waals surface area contributed by atoms with E-state index < -0.39 is 0 Å². The molecule has 0 unspecified atom stereocenters. The highest BCUT2D eigenvalue weighted by Crippen LogP contribution is 2.16. The fourth-order valence-electron chi connectivity index (χ4n) is 2.26. The normalized spacial score (nSPS) is 10.8. The van der Waals surface area contributed by atoms with Gasteiger partial charge in [0.05, 0.1) is 0 Å². The molecule has 2 aromatic rings. The maximum atomic E-state index is 12.1. The van der Waals surface area contributed by atoms with Crippen LogP contribution in [0.15, 0.2) is 41.2 Å². The van der Waals surface area contributed by atoms with E-state index in [1.54, 1.807) is 0 Å². The van der Waals surface area contributed by atoms with E-state index in [9.17, 15) is 4.79 Å². The summed E-state index contributed by atoms with van der Waals surface area (Å²) in [5.74, 6) is 0. The van der Waals surface area contributed by atoms with Crippen molar-refractivity contribution < 1.29 is 0 Å². The van der Waals surface area contributed by atoms with Crippen molar-refractivity contribution in [2.75, 3.05) is 6.54 Å². The molecular formula is C18H24N2O. The van der Waals surface area contributed by atoms with E-state index in [1.807, 2.05) is 12.1 Å². The molecule has 21 heavy (non-hydrogen) atoms. The van der Waals surface area contributed by atoms with Gasteiger partial charge in [-0.25, -0.2) is 0 Å². The minimum atomic E-state index is -0.00364. The molecule has 0 radical (unpaired) electrons. The third-order valence-corrected chi connectivity index (χ3v) is 3.69. The highest BCUT2D eigenvalue weighted by Gasteiger charge is 2.03. The average Bonchev–Trinajstić information content (AvgIpc) is 2.53. The van der Waals surface area contributed by atoms with Gasteiger partial charge < -0.3 is 10.3 Å². The molecule has 3 heteroatoms. The molecular weight excluding hydrogens is 260 g/mol. The van der Waals surface area contributed by atoms with Crippen LogP contribution in [-0.2, 0) is 13.0 Å². The van der Waals surface area contributed by atoms with Crippen molar-refractivity contribution in [1.29, 1.82) is 0 Å². The lowest BCUT2D eigenvalue weighted by Crippen LogP contribution is -2.21. The Labute approximate surface area is 126 Å². The van der Waals surface area contributed by atoms with Crippen LogP contribution < -0.4 is 10.9 Å². The highest BCUT2D eigenvalue weighted by atomic mass is 16.1. The molecule has 0 aliphatic carbocycles. The highest BCUT2D eigenvalue weighted by molar-refractivity contribution is 5.59. The number of aromatic nitrogens is 1. The second kappa shape index (κ2) is 7.79. The van der Waals surface area contributed by atoms with Crippen molar-refractivity contribution in [3.63, 3.8) is 0 Å². The van der Waals surface area contributed by atoms with Gasteiger partial charge in [0, 0.05) is 17.8 Å². The Hall–Kier alpha value is -1.87. The lowest BCUT2D eigenvalue weighted by atomic mass is 10.1. The van der Waals surface area contributed by atoms with Crippen molar-refractivity contribution in [3.8, 4) is 11.3 Å². The van der Waals surface area contributed by atoms with Gasteiger partial charge in [0.25, 0.3) is 5.56 Å². The third-order valence-electron chi connectivity index (χ3n) is 3.69. The number of benzene rings is 1. The first-order valence-corrected chi connectivity index (χ1v) is 7.76. The lowest BCUT2D eigenvalue weighted by molar-refractivity contribution is 0.638. The minimum absolute atomic E-state index is 0.00364. The van der Waals surface area contributed by atoms with Crippen molar-refractivity contribution in [1.82, 2.24) is 10.3 Å². The van der Waals surface area contributed by atoms with Gasteiger partial charge in [0.1, 0.15) is 0 Å². The first-order valence-electron chi connectivity index (χ1n) is 7.76. The van der Waals surface area contributed by atoms with Crippen LogP contribution in [0.2, 0.25) is 0 Å². The van der Waals surface area contributed by atoms with Gasteiger partial charge in [-0.15, -0.1) is 0 Å². The molecule has 0 amide bonds. The van der Waals surface area contributed by atoms with Crippen LogP contribution >= 0.6 is 0 Å². The average molecular weight is 284 g/mol. The number of hydrogen-bond donors (Lipinski definition) is 2. The summed E-state index contributed by atoms with van der Waals surface area (Å²) in [6, 6.07) is 12.2. The van der Waals surface area contributed by atoms with Gasteiger partial charge in [0.2, 0.25) is 0 Å². The molecule has 0 aliphatic heterocycles. The van der Waals surface area contributed by atoms with Gasteiger partial charge in [0.15, 0.2) is 0 Å². The van der Waals surface area contributed by atoms with Crippen LogP contribution in [0.25, 0.3) is 11.3 Å². The largest absolute Gasteiger partial charge is 0.322 e. The Balaban J connectivity index is 2.08. The molecule has 0 fully saturated rings. The number of H-pyrrole nitrogens is 1. The molecule has 1 aromatic heterocycles. The molecule has 1 aromatic carbocycles. The summed E-state index contributed by atoms with van der Waals surface area (Å²) in [5.41, 5.74) is 4.02. The van der Waals surface area contributed by atoms with Gasteiger partial charge in [-0.05, 0) is 36.6 Å². The molecule has 0 saturated carbocycles. The van der Waals surface area contributed by atoms with Crippen molar-refractivity contribution >= 4 is 0 Å². The van der Waals surface area contributed by atoms with Gasteiger partial charge in [-0.3, -0.25) is 4.79 Å². The summed E-state index contributed by atoms with van der Waals surface area (Å²) in [7, 11) is 0. The summed E-state index contributed by atoms with van der Waals surface area (Å²) in [6.45, 7) is 5.88. The van der Waals surface area contributed by atoms with Crippen LogP contribution in [0.4, 0.5) is 0 Å². The van der Waals surface area contributed by atoms with Crippen LogP contribution in [0, 0.1) is 0 Å². The minimum Gasteiger partial charge on any atom is -0.322 e. The van der Waals surface area contributed by atoms with Crippen LogP contribution in [-0.4, -0.2) is 11.5 Å². The Bertz CT molecular complexity index is 614. The van der Waals surface area contributed by atoms with Crippen molar-refractivity contribution in [2.24, 2.45) is 0 Å². The van der Waals surface area contributed by atoms with Crippen molar-refractivity contribution in [2.45, 2.75) is 39.7 Å². The Morgan fingerprint density at radius 1 is 1.05 bits per heavy atom. The van der Waals surface area contributed by atoms with Crippen LogP contribution in [0.1, 0.15) is 37.8 Å². The maximum Gasteiger partial charge on any atom is 0.252 e. The molecule has 0 aliphatic rings. The molecule has 2 rings (SSSR count). The molecule has 3 nitrogen and oxygen atoms in total. The van der Waals surface area contributed by atoms with E-state index in [0.29, 0.717) is 6.54 Å². The number of hydrogen-bond acceptors (Lipinski definition) is 2. The molecule has 0 atom stereocenters. The van der Waals surface area contributed by atoms with E-state index in [-0.39, 0.29) is 5.56 Å². The predicted octanol–water partition coefficient (Wildman–Crippen LogP) is 3.49. The SMILES string of the molecule is CCCCNCc1ccc(-c2ccc(CC)cc2)[nH]c1=O. The smallest absolute Gasteiger partial charge is 0.252 e. The van der Waals surface area contributed by atoms with Crippen LogP contribution in [0.5, 0.6) is 0 Å². The topological polar surface area (TPSA) is 44.9 Å². The zero-order valence-corrected chi connectivity index (χ0v) is 12.9. The number of pyridine rings is 1. The third kappa shape index (κ3) is 4.30. The predicted molar refractivity (Wildman–Crippen MR) is 88.5 cm³/mol. The van der Waals surface area contributed by atoms with E-state index >= 15 is 0 Å². The molecule has 112 valence electrons. The summed E-state index contributed by atoms with van der Waals surface area (Å²) in [6.07, 6.45) is 3.33. The second-order valence-corrected chi connectivity index (χ2v) is 5.31. The zero-order valence-electron chi connectivity index (χ0n) is 12.9. The first kappa shape index (κ1) is 15.5. The van der Waals surface area contributed by atoms with Gasteiger partial charge in [-0.1, -0.05) is 50.6 Å². The first-order chi connectivity index (χ1) is 10.2. The van der Waals surface area contributed by atoms with E-state index in [4.69, 9.17) is 0 Å². The number of unbranched alkanes of at least 4 members (excludes halogenated alkanes) is 1. The zero-order chi connectivity index (χ0) is 15.1. The van der Waals surface area contributed by atoms with E-state index in [1.165, 1.54) is 5.56 Å². The fraction of sp³-hybridized carbons (Fsp3) is 0.389. The number of nitrogens with one attached hydrogen (secondary N) is 2. The standard InChI is InChI=1S/C18H24N2O/c1-3-5-12-19-13-16-10-11-17(20-18(16)21)15-8-6-14(4-2)7-9-15/h6-11,19H,3-5,12-13H2,1-2H3,(H,20,21). The summed E-state index contributed by atoms with van der Waals surface area (Å²) >= 11 is 0. The maximum absolute atomic E-state index is 12.1.